The van der Waals surface area contributed by atoms with Crippen LogP contribution in [0.25, 0.3) is 0 Å². The number of amides is 1. The van der Waals surface area contributed by atoms with Crippen LogP contribution in [0.3, 0.4) is 0 Å². The number of alkyl carbamates (subject to hydrolysis) is 1. The van der Waals surface area contributed by atoms with Gasteiger partial charge in [0.2, 0.25) is 0 Å². The van der Waals surface area contributed by atoms with E-state index < -0.39 is 5.60 Å². The molecule has 0 saturated carbocycles. The van der Waals surface area contributed by atoms with Crippen molar-refractivity contribution in [2.24, 2.45) is 0 Å². The van der Waals surface area contributed by atoms with Crippen molar-refractivity contribution in [3.8, 4) is 0 Å². The van der Waals surface area contributed by atoms with E-state index in [1.165, 1.54) is 5.56 Å². The summed E-state index contributed by atoms with van der Waals surface area (Å²) in [5, 5.41) is 12.6. The van der Waals surface area contributed by atoms with E-state index in [1.54, 1.807) is 0 Å². The first-order chi connectivity index (χ1) is 10.7. The molecule has 1 atom stereocenters. The minimum Gasteiger partial charge on any atom is -0.444 e. The van der Waals surface area contributed by atoms with Crippen LogP contribution in [0.2, 0.25) is 5.02 Å². The largest absolute Gasteiger partial charge is 0.444 e. The summed E-state index contributed by atoms with van der Waals surface area (Å²) in [5.74, 6) is 0.388. The molecule has 2 N–H and O–H groups in total. The van der Waals surface area contributed by atoms with Crippen molar-refractivity contribution in [3.05, 3.63) is 34.3 Å². The van der Waals surface area contributed by atoms with Gasteiger partial charge in [0.25, 0.3) is 0 Å². The number of rotatable bonds is 7. The molecule has 1 amide bonds. The Balaban J connectivity index is 2.29. The van der Waals surface area contributed by atoms with E-state index >= 15 is 0 Å². The molecule has 0 aliphatic rings. The van der Waals surface area contributed by atoms with Crippen molar-refractivity contribution < 1.29 is 14.6 Å². The topological polar surface area (TPSA) is 58.6 Å². The maximum absolute atomic E-state index is 11.5. The predicted molar refractivity (Wildman–Crippen MR) is 93.9 cm³/mol. The van der Waals surface area contributed by atoms with Gasteiger partial charge in [-0.25, -0.2) is 4.79 Å². The van der Waals surface area contributed by atoms with E-state index in [0.717, 1.165) is 24.8 Å². The molecule has 5 heteroatoms. The number of nitrogens with one attached hydrogen (secondary N) is 1. The molecule has 130 valence electrons. The molecule has 0 bridgehead atoms. The molecular formula is C18H28ClNO3. The zero-order chi connectivity index (χ0) is 17.5. The minimum atomic E-state index is -0.461. The molecule has 0 saturated heterocycles. The predicted octanol–water partition coefficient (Wildman–Crippen LogP) is 4.63. The second-order valence-corrected chi connectivity index (χ2v) is 7.24. The van der Waals surface area contributed by atoms with E-state index in [-0.39, 0.29) is 12.7 Å². The summed E-state index contributed by atoms with van der Waals surface area (Å²) < 4.78 is 5.19. The van der Waals surface area contributed by atoms with E-state index in [9.17, 15) is 9.90 Å². The van der Waals surface area contributed by atoms with E-state index in [0.29, 0.717) is 17.5 Å². The Kier molecular flexibility index (Phi) is 7.86. The van der Waals surface area contributed by atoms with Gasteiger partial charge in [0.05, 0.1) is 6.61 Å². The average Bonchev–Trinajstić information content (AvgIpc) is 2.45. The summed E-state index contributed by atoms with van der Waals surface area (Å²) in [5.41, 5.74) is 1.48. The first-order valence-corrected chi connectivity index (χ1v) is 8.46. The number of halogens is 1. The maximum atomic E-state index is 11.5. The standard InChI is InChI=1S/C18H28ClNO3/c1-13(14-8-9-16(19)15(11-14)12-21)7-5-6-10-20-17(22)23-18(2,3)4/h8-9,11,13,21H,5-7,10,12H2,1-4H3,(H,20,22). The highest BCUT2D eigenvalue weighted by atomic mass is 35.5. The fourth-order valence-corrected chi connectivity index (χ4v) is 2.45. The number of benzene rings is 1. The highest BCUT2D eigenvalue weighted by molar-refractivity contribution is 6.31. The Morgan fingerprint density at radius 1 is 1.35 bits per heavy atom. The number of unbranched alkanes of at least 4 members (excludes halogenated alkanes) is 1. The Bertz CT molecular complexity index is 511. The van der Waals surface area contributed by atoms with Gasteiger partial charge in [0, 0.05) is 11.6 Å². The zero-order valence-electron chi connectivity index (χ0n) is 14.5. The highest BCUT2D eigenvalue weighted by Crippen LogP contribution is 2.26. The van der Waals surface area contributed by atoms with Gasteiger partial charge in [-0.1, -0.05) is 37.1 Å². The maximum Gasteiger partial charge on any atom is 0.407 e. The van der Waals surface area contributed by atoms with Crippen LogP contribution in [0.1, 0.15) is 64.0 Å². The summed E-state index contributed by atoms with van der Waals surface area (Å²) in [6, 6.07) is 5.81. The quantitative estimate of drug-likeness (QED) is 0.711. The average molecular weight is 342 g/mol. The van der Waals surface area contributed by atoms with Crippen LogP contribution < -0.4 is 5.32 Å². The lowest BCUT2D eigenvalue weighted by atomic mass is 9.94. The van der Waals surface area contributed by atoms with E-state index in [2.05, 4.69) is 12.2 Å². The van der Waals surface area contributed by atoms with Crippen molar-refractivity contribution in [1.82, 2.24) is 5.32 Å². The number of hydrogen-bond acceptors (Lipinski definition) is 3. The number of aliphatic hydroxyl groups excluding tert-OH is 1. The monoisotopic (exact) mass is 341 g/mol. The highest BCUT2D eigenvalue weighted by Gasteiger charge is 2.15. The van der Waals surface area contributed by atoms with Gasteiger partial charge in [-0.15, -0.1) is 0 Å². The Morgan fingerprint density at radius 3 is 2.65 bits per heavy atom. The molecule has 0 spiro atoms. The van der Waals surface area contributed by atoms with Crippen LogP contribution in [0.15, 0.2) is 18.2 Å². The molecule has 23 heavy (non-hydrogen) atoms. The zero-order valence-corrected chi connectivity index (χ0v) is 15.2. The summed E-state index contributed by atoms with van der Waals surface area (Å²) in [6.07, 6.45) is 2.57. The van der Waals surface area contributed by atoms with Crippen LogP contribution >= 0.6 is 11.6 Å². The van der Waals surface area contributed by atoms with Crippen molar-refractivity contribution in [2.75, 3.05) is 6.54 Å². The molecule has 1 rings (SSSR count). The molecule has 0 aliphatic carbocycles. The van der Waals surface area contributed by atoms with Crippen LogP contribution in [-0.4, -0.2) is 23.3 Å². The van der Waals surface area contributed by atoms with E-state index in [1.807, 2.05) is 39.0 Å². The molecule has 0 radical (unpaired) electrons. The van der Waals surface area contributed by atoms with Crippen molar-refractivity contribution in [1.29, 1.82) is 0 Å². The van der Waals surface area contributed by atoms with Crippen molar-refractivity contribution >= 4 is 17.7 Å². The first kappa shape index (κ1) is 19.8. The number of carbonyl (C=O) groups excluding carboxylic acids is 1. The summed E-state index contributed by atoms with van der Waals surface area (Å²) in [6.45, 7) is 8.28. The molecule has 1 unspecified atom stereocenters. The van der Waals surface area contributed by atoms with Crippen LogP contribution in [-0.2, 0) is 11.3 Å². The lowest BCUT2D eigenvalue weighted by Crippen LogP contribution is -2.33. The van der Waals surface area contributed by atoms with Gasteiger partial charge in [0.15, 0.2) is 0 Å². The third-order valence-electron chi connectivity index (χ3n) is 3.54. The lowest BCUT2D eigenvalue weighted by molar-refractivity contribution is 0.0527. The Labute approximate surface area is 144 Å². The van der Waals surface area contributed by atoms with Gasteiger partial charge >= 0.3 is 6.09 Å². The SMILES string of the molecule is CC(CCCCNC(=O)OC(C)(C)C)c1ccc(Cl)c(CO)c1. The minimum absolute atomic E-state index is 0.0425. The number of carbonyl (C=O) groups is 1. The number of hydrogen-bond donors (Lipinski definition) is 2. The Morgan fingerprint density at radius 2 is 2.04 bits per heavy atom. The molecule has 0 fully saturated rings. The van der Waals surface area contributed by atoms with Crippen LogP contribution in [0.4, 0.5) is 4.79 Å². The van der Waals surface area contributed by atoms with Crippen molar-refractivity contribution in [2.45, 2.75) is 65.1 Å². The first-order valence-electron chi connectivity index (χ1n) is 8.09. The van der Waals surface area contributed by atoms with Crippen LogP contribution in [0.5, 0.6) is 0 Å². The molecule has 0 aromatic heterocycles. The van der Waals surface area contributed by atoms with Gasteiger partial charge in [-0.05, 0) is 56.7 Å². The third kappa shape index (κ3) is 7.71. The fourth-order valence-electron chi connectivity index (χ4n) is 2.27. The van der Waals surface area contributed by atoms with Gasteiger partial charge in [-0.3, -0.25) is 0 Å². The van der Waals surface area contributed by atoms with Gasteiger partial charge in [0.1, 0.15) is 5.60 Å². The lowest BCUT2D eigenvalue weighted by Gasteiger charge is -2.19. The molecule has 1 aromatic carbocycles. The summed E-state index contributed by atoms with van der Waals surface area (Å²) in [7, 11) is 0. The fraction of sp³-hybridized carbons (Fsp3) is 0.611. The normalized spacial score (nSPS) is 12.8. The second-order valence-electron chi connectivity index (χ2n) is 6.83. The molecule has 0 heterocycles. The summed E-state index contributed by atoms with van der Waals surface area (Å²) >= 11 is 6.01. The molecule has 4 nitrogen and oxygen atoms in total. The van der Waals surface area contributed by atoms with Gasteiger partial charge in [-0.2, -0.15) is 0 Å². The molecule has 0 aliphatic heterocycles. The smallest absolute Gasteiger partial charge is 0.407 e. The summed E-state index contributed by atoms with van der Waals surface area (Å²) in [4.78, 5) is 11.5. The number of ether oxygens (including phenoxy) is 1. The Hall–Kier alpha value is -1.26. The van der Waals surface area contributed by atoms with Crippen LogP contribution in [0, 0.1) is 0 Å². The van der Waals surface area contributed by atoms with Crippen molar-refractivity contribution in [3.63, 3.8) is 0 Å². The molecular weight excluding hydrogens is 314 g/mol. The second kappa shape index (κ2) is 9.14. The number of aliphatic hydroxyl groups is 1. The van der Waals surface area contributed by atoms with Gasteiger partial charge < -0.3 is 15.2 Å². The van der Waals surface area contributed by atoms with E-state index in [4.69, 9.17) is 16.3 Å². The molecule has 1 aromatic rings. The third-order valence-corrected chi connectivity index (χ3v) is 3.91.